The van der Waals surface area contributed by atoms with Crippen molar-refractivity contribution in [3.63, 3.8) is 0 Å². The van der Waals surface area contributed by atoms with E-state index in [0.29, 0.717) is 6.54 Å². The third kappa shape index (κ3) is 2.37. The summed E-state index contributed by atoms with van der Waals surface area (Å²) < 4.78 is 0. The number of benzene rings is 2. The molecule has 0 unspecified atom stereocenters. The van der Waals surface area contributed by atoms with Crippen LogP contribution in [-0.2, 0) is 9.59 Å². The van der Waals surface area contributed by atoms with Gasteiger partial charge in [0.25, 0.3) is 0 Å². The Morgan fingerprint density at radius 2 is 1.75 bits per heavy atom. The second-order valence-electron chi connectivity index (χ2n) is 6.55. The molecule has 0 spiro atoms. The Morgan fingerprint density at radius 1 is 1.04 bits per heavy atom. The van der Waals surface area contributed by atoms with E-state index in [1.54, 1.807) is 4.90 Å². The summed E-state index contributed by atoms with van der Waals surface area (Å²) in [6.45, 7) is 2.33. The third-order valence-electron chi connectivity index (χ3n) is 5.12. The molecule has 120 valence electrons. The first-order valence-electron chi connectivity index (χ1n) is 8.29. The maximum atomic E-state index is 12.7. The molecule has 1 aliphatic heterocycles. The Hall–Kier alpha value is -2.68. The van der Waals surface area contributed by atoms with Crippen LogP contribution >= 0.6 is 0 Å². The largest absolute Gasteiger partial charge is 0.335 e. The number of Topliss-reactive ketones (excluding diaryl/α,β-unsaturated/α-hetero) is 1. The molecule has 0 aromatic heterocycles. The van der Waals surface area contributed by atoms with E-state index in [1.807, 2.05) is 36.4 Å². The second-order valence-corrected chi connectivity index (χ2v) is 6.55. The molecule has 2 aromatic carbocycles. The molecule has 1 saturated heterocycles. The molecular formula is C21H19NO2. The van der Waals surface area contributed by atoms with Gasteiger partial charge in [-0.2, -0.15) is 0 Å². The number of carbonyl (C=O) groups excluding carboxylic acids is 2. The quantitative estimate of drug-likeness (QED) is 0.809. The fraction of sp³-hybridized carbons (Fsp3) is 0.238. The molecule has 0 radical (unpaired) electrons. The van der Waals surface area contributed by atoms with Gasteiger partial charge in [-0.05, 0) is 22.8 Å². The third-order valence-corrected chi connectivity index (χ3v) is 5.12. The normalized spacial score (nSPS) is 22.5. The molecule has 24 heavy (non-hydrogen) atoms. The van der Waals surface area contributed by atoms with Crippen molar-refractivity contribution in [2.24, 2.45) is 5.92 Å². The fourth-order valence-electron chi connectivity index (χ4n) is 3.97. The average molecular weight is 317 g/mol. The minimum Gasteiger partial charge on any atom is -0.335 e. The molecule has 1 fully saturated rings. The number of carbonyl (C=O) groups is 2. The molecule has 2 aliphatic rings. The zero-order valence-corrected chi connectivity index (χ0v) is 13.6. The maximum absolute atomic E-state index is 12.7. The molecule has 1 heterocycles. The highest BCUT2D eigenvalue weighted by Gasteiger charge is 2.40. The number of fused-ring (bicyclic) bond motifs is 2. The van der Waals surface area contributed by atoms with Crippen LogP contribution in [0.5, 0.6) is 0 Å². The number of likely N-dealkylation sites (tertiary alicyclic amines) is 1. The molecule has 3 heteroatoms. The lowest BCUT2D eigenvalue weighted by molar-refractivity contribution is -0.135. The first-order valence-corrected chi connectivity index (χ1v) is 8.29. The highest BCUT2D eigenvalue weighted by Crippen LogP contribution is 2.44. The SMILES string of the molecule is CC(=O)N1CC(=O)C2=Cc3ccccc3[C@H](c3ccccc3)[C@H]2C1. The monoisotopic (exact) mass is 317 g/mol. The number of ketones is 1. The summed E-state index contributed by atoms with van der Waals surface area (Å²) in [5, 5.41) is 0. The molecule has 2 atom stereocenters. The number of hydrogen-bond acceptors (Lipinski definition) is 2. The standard InChI is InChI=1S/C21H19NO2/c1-14(23)22-12-19-18(20(24)13-22)11-16-9-5-6-10-17(16)21(19)15-7-3-2-4-8-15/h2-11,19,21H,12-13H2,1H3/t19-,21-/m0/s1. The predicted molar refractivity (Wildman–Crippen MR) is 93.5 cm³/mol. The van der Waals surface area contributed by atoms with Crippen LogP contribution in [0.15, 0.2) is 60.2 Å². The van der Waals surface area contributed by atoms with Crippen molar-refractivity contribution < 1.29 is 9.59 Å². The molecule has 1 aliphatic carbocycles. The Balaban J connectivity index is 1.88. The van der Waals surface area contributed by atoms with Gasteiger partial charge in [-0.25, -0.2) is 0 Å². The van der Waals surface area contributed by atoms with Crippen LogP contribution in [0.25, 0.3) is 6.08 Å². The molecule has 1 amide bonds. The van der Waals surface area contributed by atoms with Crippen molar-refractivity contribution in [3.05, 3.63) is 76.9 Å². The fourth-order valence-corrected chi connectivity index (χ4v) is 3.97. The summed E-state index contributed by atoms with van der Waals surface area (Å²) in [5.41, 5.74) is 4.40. The zero-order valence-electron chi connectivity index (χ0n) is 13.6. The van der Waals surface area contributed by atoms with E-state index in [9.17, 15) is 9.59 Å². The van der Waals surface area contributed by atoms with Crippen LogP contribution in [0.2, 0.25) is 0 Å². The molecule has 4 rings (SSSR count). The van der Waals surface area contributed by atoms with Gasteiger partial charge in [0.1, 0.15) is 0 Å². The number of amides is 1. The van der Waals surface area contributed by atoms with Crippen LogP contribution < -0.4 is 0 Å². The van der Waals surface area contributed by atoms with Crippen molar-refractivity contribution in [3.8, 4) is 0 Å². The Kier molecular flexibility index (Phi) is 3.57. The maximum Gasteiger partial charge on any atom is 0.219 e. The highest BCUT2D eigenvalue weighted by molar-refractivity contribution is 6.04. The van der Waals surface area contributed by atoms with E-state index in [0.717, 1.165) is 11.1 Å². The first kappa shape index (κ1) is 14.9. The summed E-state index contributed by atoms with van der Waals surface area (Å²) in [6.07, 6.45) is 2.03. The summed E-state index contributed by atoms with van der Waals surface area (Å²) >= 11 is 0. The lowest BCUT2D eigenvalue weighted by Gasteiger charge is -2.41. The van der Waals surface area contributed by atoms with Crippen molar-refractivity contribution in [1.82, 2.24) is 4.90 Å². The Bertz CT molecular complexity index is 838. The van der Waals surface area contributed by atoms with Crippen molar-refractivity contribution >= 4 is 17.8 Å². The average Bonchev–Trinajstić information content (AvgIpc) is 2.60. The smallest absolute Gasteiger partial charge is 0.219 e. The minimum atomic E-state index is -0.0342. The van der Waals surface area contributed by atoms with E-state index < -0.39 is 0 Å². The van der Waals surface area contributed by atoms with Crippen LogP contribution in [0.1, 0.15) is 29.5 Å². The number of nitrogens with zero attached hydrogens (tertiary/aromatic N) is 1. The minimum absolute atomic E-state index is 0.0208. The van der Waals surface area contributed by atoms with E-state index in [4.69, 9.17) is 0 Å². The lowest BCUT2D eigenvalue weighted by atomic mass is 9.69. The molecule has 0 N–H and O–H groups in total. The van der Waals surface area contributed by atoms with Crippen molar-refractivity contribution in [1.29, 1.82) is 0 Å². The number of hydrogen-bond donors (Lipinski definition) is 0. The summed E-state index contributed by atoms with van der Waals surface area (Å²) in [4.78, 5) is 26.2. The van der Waals surface area contributed by atoms with Gasteiger partial charge >= 0.3 is 0 Å². The zero-order chi connectivity index (χ0) is 16.7. The van der Waals surface area contributed by atoms with Gasteiger partial charge in [0.05, 0.1) is 6.54 Å². The van der Waals surface area contributed by atoms with E-state index >= 15 is 0 Å². The van der Waals surface area contributed by atoms with E-state index in [-0.39, 0.29) is 30.1 Å². The van der Waals surface area contributed by atoms with Crippen LogP contribution in [0, 0.1) is 5.92 Å². The van der Waals surface area contributed by atoms with Gasteiger partial charge in [0, 0.05) is 30.9 Å². The van der Waals surface area contributed by atoms with Gasteiger partial charge in [0.2, 0.25) is 5.91 Å². The van der Waals surface area contributed by atoms with Crippen LogP contribution in [0.4, 0.5) is 0 Å². The molecule has 0 saturated carbocycles. The number of rotatable bonds is 1. The van der Waals surface area contributed by atoms with Crippen molar-refractivity contribution in [2.45, 2.75) is 12.8 Å². The molecular weight excluding hydrogens is 298 g/mol. The lowest BCUT2D eigenvalue weighted by Crippen LogP contribution is -2.47. The van der Waals surface area contributed by atoms with E-state index in [2.05, 4.69) is 24.3 Å². The van der Waals surface area contributed by atoms with Gasteiger partial charge in [-0.3, -0.25) is 9.59 Å². The van der Waals surface area contributed by atoms with Gasteiger partial charge < -0.3 is 4.90 Å². The van der Waals surface area contributed by atoms with Crippen molar-refractivity contribution in [2.75, 3.05) is 13.1 Å². The topological polar surface area (TPSA) is 37.4 Å². The summed E-state index contributed by atoms with van der Waals surface area (Å²) in [6, 6.07) is 18.5. The Labute approximate surface area is 141 Å². The Morgan fingerprint density at radius 3 is 2.50 bits per heavy atom. The highest BCUT2D eigenvalue weighted by atomic mass is 16.2. The summed E-state index contributed by atoms with van der Waals surface area (Å²) in [5.74, 6) is 0.158. The number of piperidine rings is 1. The van der Waals surface area contributed by atoms with Crippen LogP contribution in [-0.4, -0.2) is 29.7 Å². The predicted octanol–water partition coefficient (Wildman–Crippen LogP) is 3.26. The summed E-state index contributed by atoms with van der Waals surface area (Å²) in [7, 11) is 0. The molecule has 0 bridgehead atoms. The van der Waals surface area contributed by atoms with E-state index in [1.165, 1.54) is 18.1 Å². The van der Waals surface area contributed by atoms with Gasteiger partial charge in [-0.15, -0.1) is 0 Å². The van der Waals surface area contributed by atoms with Gasteiger partial charge in [-0.1, -0.05) is 54.6 Å². The molecule has 3 nitrogen and oxygen atoms in total. The first-order chi connectivity index (χ1) is 11.6. The second kappa shape index (κ2) is 5.75. The van der Waals surface area contributed by atoms with Crippen LogP contribution in [0.3, 0.4) is 0 Å². The van der Waals surface area contributed by atoms with Gasteiger partial charge in [0.15, 0.2) is 5.78 Å². The molecule has 2 aromatic rings.